The Morgan fingerprint density at radius 3 is 2.50 bits per heavy atom. The third-order valence-electron chi connectivity index (χ3n) is 1.92. The van der Waals surface area contributed by atoms with Crippen molar-refractivity contribution in [2.45, 2.75) is 12.6 Å². The molecule has 16 heavy (non-hydrogen) atoms. The minimum absolute atomic E-state index is 0.439. The number of hydrogen-bond donors (Lipinski definition) is 1. The fourth-order valence-electron chi connectivity index (χ4n) is 1.32. The Hall–Kier alpha value is -1.24. The normalized spacial score (nSPS) is 16.2. The van der Waals surface area contributed by atoms with Crippen LogP contribution in [0, 0.1) is 0 Å². The molecule has 5 nitrogen and oxygen atoms in total. The maximum atomic E-state index is 10.9. The van der Waals surface area contributed by atoms with Crippen LogP contribution < -0.4 is 5.73 Å². The molecule has 0 heterocycles. The average molecular weight is 242 g/mol. The van der Waals surface area contributed by atoms with Crippen molar-refractivity contribution in [3.8, 4) is 0 Å². The molecule has 1 rings (SSSR count). The monoisotopic (exact) mass is 242 g/mol. The van der Waals surface area contributed by atoms with Gasteiger partial charge in [0, 0.05) is 12.5 Å². The van der Waals surface area contributed by atoms with Gasteiger partial charge in [0.1, 0.15) is 0 Å². The second-order valence-electron chi connectivity index (χ2n) is 3.30. The van der Waals surface area contributed by atoms with Crippen molar-refractivity contribution < 1.29 is 18.3 Å². The smallest absolute Gasteiger partial charge is 0.304 e. The van der Waals surface area contributed by atoms with E-state index in [0.717, 1.165) is 0 Å². The fourth-order valence-corrected chi connectivity index (χ4v) is 1.90. The standard InChI is InChI=1S/C10H13NO4S/c1-8(12)15-10(11,7-16(13)14)9-5-3-2-4-6-9/h2-6H,7,11H2,1H3,(H,13,14)/p-1. The fraction of sp³-hybridized carbons (Fsp3) is 0.300. The molecule has 0 spiro atoms. The highest BCUT2D eigenvalue weighted by Gasteiger charge is 2.30. The first kappa shape index (κ1) is 12.8. The number of hydrogen-bond acceptors (Lipinski definition) is 5. The van der Waals surface area contributed by atoms with Gasteiger partial charge in [-0.25, -0.2) is 0 Å². The van der Waals surface area contributed by atoms with Gasteiger partial charge in [-0.1, -0.05) is 30.3 Å². The summed E-state index contributed by atoms with van der Waals surface area (Å²) < 4.78 is 26.3. The number of nitrogens with two attached hydrogens (primary N) is 1. The van der Waals surface area contributed by atoms with Crippen LogP contribution in [0.2, 0.25) is 0 Å². The van der Waals surface area contributed by atoms with Crippen LogP contribution in [-0.2, 0) is 26.3 Å². The molecule has 0 saturated heterocycles. The lowest BCUT2D eigenvalue weighted by molar-refractivity contribution is -0.155. The molecule has 2 unspecified atom stereocenters. The number of carbonyl (C=O) groups is 1. The van der Waals surface area contributed by atoms with E-state index in [0.29, 0.717) is 5.56 Å². The van der Waals surface area contributed by atoms with E-state index in [-0.39, 0.29) is 0 Å². The molecule has 0 aliphatic heterocycles. The first-order valence-corrected chi connectivity index (χ1v) is 5.78. The maximum absolute atomic E-state index is 10.9. The summed E-state index contributed by atoms with van der Waals surface area (Å²) in [4.78, 5) is 10.9. The lowest BCUT2D eigenvalue weighted by Gasteiger charge is -2.29. The van der Waals surface area contributed by atoms with Crippen molar-refractivity contribution in [1.82, 2.24) is 0 Å². The molecule has 0 aliphatic rings. The molecular formula is C10H12NO4S-. The van der Waals surface area contributed by atoms with Crippen molar-refractivity contribution in [3.05, 3.63) is 35.9 Å². The largest absolute Gasteiger partial charge is 0.772 e. The molecule has 0 bridgehead atoms. The Morgan fingerprint density at radius 1 is 1.50 bits per heavy atom. The second kappa shape index (κ2) is 5.20. The molecule has 0 saturated carbocycles. The first-order valence-electron chi connectivity index (χ1n) is 4.54. The Morgan fingerprint density at radius 2 is 2.06 bits per heavy atom. The van der Waals surface area contributed by atoms with Crippen LogP contribution in [0.4, 0.5) is 0 Å². The summed E-state index contributed by atoms with van der Waals surface area (Å²) in [5.74, 6) is -1.10. The number of ether oxygens (including phenoxy) is 1. The topological polar surface area (TPSA) is 92.5 Å². The zero-order chi connectivity index (χ0) is 12.2. The summed E-state index contributed by atoms with van der Waals surface area (Å²) >= 11 is -2.40. The predicted octanol–water partition coefficient (Wildman–Crippen LogP) is 0.240. The van der Waals surface area contributed by atoms with Gasteiger partial charge >= 0.3 is 5.97 Å². The van der Waals surface area contributed by atoms with Gasteiger partial charge in [0.15, 0.2) is 5.72 Å². The van der Waals surface area contributed by atoms with Crippen LogP contribution in [0.15, 0.2) is 30.3 Å². The average Bonchev–Trinajstić information content (AvgIpc) is 2.16. The highest BCUT2D eigenvalue weighted by Crippen LogP contribution is 2.20. The van der Waals surface area contributed by atoms with E-state index in [2.05, 4.69) is 0 Å². The Kier molecular flexibility index (Phi) is 4.17. The van der Waals surface area contributed by atoms with E-state index in [1.54, 1.807) is 30.3 Å². The summed E-state index contributed by atoms with van der Waals surface area (Å²) in [6.45, 7) is 1.18. The second-order valence-corrected chi connectivity index (χ2v) is 4.19. The number of esters is 1. The van der Waals surface area contributed by atoms with E-state index < -0.39 is 28.5 Å². The highest BCUT2D eigenvalue weighted by molar-refractivity contribution is 7.79. The Bertz CT molecular complexity index is 377. The first-order chi connectivity index (χ1) is 7.44. The molecule has 2 atom stereocenters. The predicted molar refractivity (Wildman–Crippen MR) is 57.9 cm³/mol. The van der Waals surface area contributed by atoms with E-state index >= 15 is 0 Å². The molecule has 0 amide bonds. The van der Waals surface area contributed by atoms with Gasteiger partial charge in [-0.2, -0.15) is 0 Å². The summed E-state index contributed by atoms with van der Waals surface area (Å²) in [5.41, 5.74) is 4.60. The van der Waals surface area contributed by atoms with Crippen molar-refractivity contribution in [2.75, 3.05) is 5.75 Å². The number of carbonyl (C=O) groups excluding carboxylic acids is 1. The molecule has 6 heteroatoms. The highest BCUT2D eigenvalue weighted by atomic mass is 32.2. The molecule has 2 N–H and O–H groups in total. The van der Waals surface area contributed by atoms with Gasteiger partial charge in [0.05, 0.1) is 5.75 Å². The minimum atomic E-state index is -2.40. The maximum Gasteiger partial charge on any atom is 0.304 e. The number of benzene rings is 1. The van der Waals surface area contributed by atoms with E-state index in [9.17, 15) is 13.6 Å². The molecule has 1 aromatic rings. The van der Waals surface area contributed by atoms with E-state index in [4.69, 9.17) is 10.5 Å². The summed E-state index contributed by atoms with van der Waals surface area (Å²) in [6, 6.07) is 8.35. The lowest BCUT2D eigenvalue weighted by Crippen LogP contribution is -2.45. The van der Waals surface area contributed by atoms with Crippen molar-refractivity contribution in [2.24, 2.45) is 5.73 Å². The zero-order valence-corrected chi connectivity index (χ0v) is 9.53. The van der Waals surface area contributed by atoms with Crippen LogP contribution in [0.25, 0.3) is 0 Å². The van der Waals surface area contributed by atoms with Gasteiger partial charge in [0.25, 0.3) is 0 Å². The quantitative estimate of drug-likeness (QED) is 0.464. The van der Waals surface area contributed by atoms with Crippen LogP contribution in [0.5, 0.6) is 0 Å². The third-order valence-corrected chi connectivity index (χ3v) is 2.59. The Balaban J connectivity index is 3.04. The summed E-state index contributed by atoms with van der Waals surface area (Å²) in [6.07, 6.45) is 0. The van der Waals surface area contributed by atoms with Crippen molar-refractivity contribution in [1.29, 1.82) is 0 Å². The van der Waals surface area contributed by atoms with E-state index in [1.165, 1.54) is 6.92 Å². The van der Waals surface area contributed by atoms with Gasteiger partial charge in [-0.15, -0.1) is 0 Å². The van der Waals surface area contributed by atoms with Crippen LogP contribution in [-0.4, -0.2) is 20.5 Å². The van der Waals surface area contributed by atoms with E-state index in [1.807, 2.05) is 0 Å². The Labute approximate surface area is 95.9 Å². The van der Waals surface area contributed by atoms with Crippen LogP contribution in [0.1, 0.15) is 12.5 Å². The minimum Gasteiger partial charge on any atom is -0.772 e. The molecule has 1 aromatic carbocycles. The molecule has 0 aromatic heterocycles. The van der Waals surface area contributed by atoms with Crippen molar-refractivity contribution in [3.63, 3.8) is 0 Å². The molecule has 0 radical (unpaired) electrons. The SMILES string of the molecule is CC(=O)OC(N)(CS(=O)[O-])c1ccccc1. The molecule has 88 valence electrons. The van der Waals surface area contributed by atoms with Gasteiger partial charge in [-0.05, 0) is 11.1 Å². The summed E-state index contributed by atoms with van der Waals surface area (Å²) in [5, 5.41) is 0. The van der Waals surface area contributed by atoms with Gasteiger partial charge in [-0.3, -0.25) is 14.7 Å². The summed E-state index contributed by atoms with van der Waals surface area (Å²) in [7, 11) is 0. The van der Waals surface area contributed by atoms with Gasteiger partial charge < -0.3 is 9.29 Å². The van der Waals surface area contributed by atoms with Crippen LogP contribution in [0.3, 0.4) is 0 Å². The molecular weight excluding hydrogens is 230 g/mol. The number of rotatable bonds is 4. The van der Waals surface area contributed by atoms with Crippen LogP contribution >= 0.6 is 0 Å². The molecule has 0 fully saturated rings. The lowest BCUT2D eigenvalue weighted by atomic mass is 10.1. The third kappa shape index (κ3) is 3.41. The zero-order valence-electron chi connectivity index (χ0n) is 8.71. The van der Waals surface area contributed by atoms with Crippen molar-refractivity contribution >= 4 is 17.0 Å². The molecule has 0 aliphatic carbocycles. The van der Waals surface area contributed by atoms with Gasteiger partial charge in [0.2, 0.25) is 0 Å².